The lowest BCUT2D eigenvalue weighted by Gasteiger charge is -2.33. The molecule has 2 aliphatic rings. The summed E-state index contributed by atoms with van der Waals surface area (Å²) in [5.41, 5.74) is 2.37. The maximum Gasteiger partial charge on any atom is 0.227 e. The molecule has 0 bridgehead atoms. The number of carbonyl (C=O) groups excluding carboxylic acids is 1. The number of fused-ring (bicyclic) bond motifs is 1. The number of hydrogen-bond donors (Lipinski definition) is 0. The minimum Gasteiger partial charge on any atom is -0.497 e. The van der Waals surface area contributed by atoms with E-state index in [4.69, 9.17) is 4.74 Å². The Morgan fingerprint density at radius 2 is 1.96 bits per heavy atom. The van der Waals surface area contributed by atoms with Crippen LogP contribution in [0.3, 0.4) is 0 Å². The van der Waals surface area contributed by atoms with E-state index >= 15 is 0 Å². The van der Waals surface area contributed by atoms with Gasteiger partial charge in [-0.05, 0) is 41.7 Å². The first-order chi connectivity index (χ1) is 12.7. The van der Waals surface area contributed by atoms with Crippen molar-refractivity contribution in [2.45, 2.75) is 19.5 Å². The second-order valence-corrected chi connectivity index (χ2v) is 7.32. The van der Waals surface area contributed by atoms with Gasteiger partial charge in [-0.2, -0.15) is 0 Å². The second-order valence-electron chi connectivity index (χ2n) is 7.32. The minimum atomic E-state index is 0.138. The molecule has 1 aromatic heterocycles. The van der Waals surface area contributed by atoms with E-state index in [0.29, 0.717) is 18.4 Å². The van der Waals surface area contributed by atoms with Crippen LogP contribution in [0.1, 0.15) is 17.5 Å². The highest BCUT2D eigenvalue weighted by molar-refractivity contribution is 5.80. The lowest BCUT2D eigenvalue weighted by Crippen LogP contribution is -2.44. The fraction of sp³-hybridized carbons (Fsp3) is 0.429. The van der Waals surface area contributed by atoms with E-state index in [1.54, 1.807) is 13.3 Å². The fourth-order valence-corrected chi connectivity index (χ4v) is 4.19. The van der Waals surface area contributed by atoms with Gasteiger partial charge in [0.15, 0.2) is 0 Å². The molecule has 0 saturated carbocycles. The maximum atomic E-state index is 13.0. The zero-order valence-corrected chi connectivity index (χ0v) is 15.2. The highest BCUT2D eigenvalue weighted by Gasteiger charge is 2.42. The van der Waals surface area contributed by atoms with Gasteiger partial charge in [0.05, 0.1) is 13.0 Å². The van der Waals surface area contributed by atoms with Gasteiger partial charge in [-0.25, -0.2) is 0 Å². The SMILES string of the molecule is COc1ccc(CN2C[C@H]3CCN(Cc4cccnc4)C(=O)[C@@H]3C2)cc1. The number of hydrogen-bond acceptors (Lipinski definition) is 4. The van der Waals surface area contributed by atoms with Crippen LogP contribution in [0, 0.1) is 11.8 Å². The van der Waals surface area contributed by atoms with E-state index < -0.39 is 0 Å². The summed E-state index contributed by atoms with van der Waals surface area (Å²) in [6.07, 6.45) is 4.71. The molecule has 2 atom stereocenters. The summed E-state index contributed by atoms with van der Waals surface area (Å²) in [6, 6.07) is 12.2. The molecule has 4 rings (SSSR count). The predicted octanol–water partition coefficient (Wildman–Crippen LogP) is 2.57. The Labute approximate surface area is 154 Å². The molecule has 2 saturated heterocycles. The number of methoxy groups -OCH3 is 1. The number of piperidine rings is 1. The van der Waals surface area contributed by atoms with Crippen molar-refractivity contribution in [3.8, 4) is 5.75 Å². The van der Waals surface area contributed by atoms with Gasteiger partial charge >= 0.3 is 0 Å². The summed E-state index contributed by atoms with van der Waals surface area (Å²) in [5.74, 6) is 1.82. The Hall–Kier alpha value is -2.40. The van der Waals surface area contributed by atoms with Gasteiger partial charge < -0.3 is 9.64 Å². The molecule has 3 heterocycles. The minimum absolute atomic E-state index is 0.138. The van der Waals surface area contributed by atoms with E-state index in [-0.39, 0.29) is 5.92 Å². The van der Waals surface area contributed by atoms with Crippen molar-refractivity contribution >= 4 is 5.91 Å². The Morgan fingerprint density at radius 3 is 2.69 bits per heavy atom. The molecule has 0 unspecified atom stereocenters. The molecular formula is C21H25N3O2. The van der Waals surface area contributed by atoms with Crippen molar-refractivity contribution in [1.82, 2.24) is 14.8 Å². The largest absolute Gasteiger partial charge is 0.497 e. The third kappa shape index (κ3) is 3.58. The first kappa shape index (κ1) is 17.0. The third-order valence-electron chi connectivity index (χ3n) is 5.58. The van der Waals surface area contributed by atoms with Crippen LogP contribution in [0.5, 0.6) is 5.75 Å². The van der Waals surface area contributed by atoms with Crippen LogP contribution in [-0.2, 0) is 17.9 Å². The first-order valence-corrected chi connectivity index (χ1v) is 9.26. The number of likely N-dealkylation sites (tertiary alicyclic amines) is 2. The molecule has 1 aromatic carbocycles. The van der Waals surface area contributed by atoms with E-state index in [0.717, 1.165) is 43.9 Å². The molecule has 0 N–H and O–H groups in total. The maximum absolute atomic E-state index is 13.0. The predicted molar refractivity (Wildman–Crippen MR) is 99.5 cm³/mol. The van der Waals surface area contributed by atoms with Gasteiger partial charge in [0, 0.05) is 45.1 Å². The Kier molecular flexibility index (Phi) is 4.89. The Morgan fingerprint density at radius 1 is 1.12 bits per heavy atom. The first-order valence-electron chi connectivity index (χ1n) is 9.26. The average molecular weight is 351 g/mol. The van der Waals surface area contributed by atoms with Crippen LogP contribution in [0.4, 0.5) is 0 Å². The number of nitrogens with zero attached hydrogens (tertiary/aromatic N) is 3. The van der Waals surface area contributed by atoms with Gasteiger partial charge in [-0.1, -0.05) is 18.2 Å². The molecular weight excluding hydrogens is 326 g/mol. The second kappa shape index (κ2) is 7.46. The van der Waals surface area contributed by atoms with Crippen molar-refractivity contribution in [3.63, 3.8) is 0 Å². The normalized spacial score (nSPS) is 23.1. The number of aromatic nitrogens is 1. The van der Waals surface area contributed by atoms with Crippen LogP contribution in [0.25, 0.3) is 0 Å². The number of carbonyl (C=O) groups is 1. The molecule has 26 heavy (non-hydrogen) atoms. The number of amides is 1. The molecule has 5 nitrogen and oxygen atoms in total. The molecule has 0 aliphatic carbocycles. The standard InChI is InChI=1S/C21H25N3O2/c1-26-19-6-4-16(5-7-19)12-23-14-18-8-10-24(21(25)20(18)15-23)13-17-3-2-9-22-11-17/h2-7,9,11,18,20H,8,10,12-15H2,1H3/t18-,20-/m1/s1. The van der Waals surface area contributed by atoms with Crippen LogP contribution in [-0.4, -0.2) is 47.4 Å². The van der Waals surface area contributed by atoms with Crippen molar-refractivity contribution in [2.24, 2.45) is 11.8 Å². The molecule has 0 spiro atoms. The summed E-state index contributed by atoms with van der Waals surface area (Å²) < 4.78 is 5.22. The van der Waals surface area contributed by atoms with Crippen molar-refractivity contribution in [3.05, 3.63) is 59.9 Å². The molecule has 1 amide bonds. The summed E-state index contributed by atoms with van der Waals surface area (Å²) in [5, 5.41) is 0. The van der Waals surface area contributed by atoms with Gasteiger partial charge in [-0.3, -0.25) is 14.7 Å². The summed E-state index contributed by atoms with van der Waals surface area (Å²) >= 11 is 0. The zero-order chi connectivity index (χ0) is 17.9. The molecule has 0 radical (unpaired) electrons. The Balaban J connectivity index is 1.37. The van der Waals surface area contributed by atoms with Crippen molar-refractivity contribution in [1.29, 1.82) is 0 Å². The van der Waals surface area contributed by atoms with Crippen LogP contribution in [0.15, 0.2) is 48.8 Å². The molecule has 2 fully saturated rings. The van der Waals surface area contributed by atoms with Crippen LogP contribution in [0.2, 0.25) is 0 Å². The molecule has 5 heteroatoms. The fourth-order valence-electron chi connectivity index (χ4n) is 4.19. The van der Waals surface area contributed by atoms with Gasteiger partial charge in [-0.15, -0.1) is 0 Å². The smallest absolute Gasteiger partial charge is 0.227 e. The van der Waals surface area contributed by atoms with E-state index in [1.165, 1.54) is 5.56 Å². The number of rotatable bonds is 5. The van der Waals surface area contributed by atoms with E-state index in [9.17, 15) is 4.79 Å². The van der Waals surface area contributed by atoms with Gasteiger partial charge in [0.1, 0.15) is 5.75 Å². The average Bonchev–Trinajstić information content (AvgIpc) is 3.09. The topological polar surface area (TPSA) is 45.7 Å². The third-order valence-corrected chi connectivity index (χ3v) is 5.58. The van der Waals surface area contributed by atoms with Crippen LogP contribution >= 0.6 is 0 Å². The number of benzene rings is 1. The summed E-state index contributed by atoms with van der Waals surface area (Å²) in [6.45, 7) is 4.30. The van der Waals surface area contributed by atoms with Crippen molar-refractivity contribution < 1.29 is 9.53 Å². The zero-order valence-electron chi connectivity index (χ0n) is 15.2. The van der Waals surface area contributed by atoms with E-state index in [2.05, 4.69) is 22.0 Å². The lowest BCUT2D eigenvalue weighted by molar-refractivity contribution is -0.140. The highest BCUT2D eigenvalue weighted by atomic mass is 16.5. The number of ether oxygens (including phenoxy) is 1. The molecule has 2 aliphatic heterocycles. The van der Waals surface area contributed by atoms with Gasteiger partial charge in [0.25, 0.3) is 0 Å². The van der Waals surface area contributed by atoms with Crippen LogP contribution < -0.4 is 4.74 Å². The number of pyridine rings is 1. The van der Waals surface area contributed by atoms with Gasteiger partial charge in [0.2, 0.25) is 5.91 Å². The lowest BCUT2D eigenvalue weighted by atomic mass is 9.88. The molecule has 136 valence electrons. The monoisotopic (exact) mass is 351 g/mol. The Bertz CT molecular complexity index is 748. The van der Waals surface area contributed by atoms with Crippen molar-refractivity contribution in [2.75, 3.05) is 26.7 Å². The summed E-state index contributed by atoms with van der Waals surface area (Å²) in [4.78, 5) is 21.5. The quantitative estimate of drug-likeness (QED) is 0.831. The molecule has 2 aromatic rings. The highest BCUT2D eigenvalue weighted by Crippen LogP contribution is 2.33. The summed E-state index contributed by atoms with van der Waals surface area (Å²) in [7, 11) is 1.68. The van der Waals surface area contributed by atoms with E-state index in [1.807, 2.05) is 35.4 Å².